The highest BCUT2D eigenvalue weighted by molar-refractivity contribution is 5.69. The van der Waals surface area contributed by atoms with Crippen LogP contribution in [0.3, 0.4) is 0 Å². The lowest BCUT2D eigenvalue weighted by molar-refractivity contribution is -0.0398. The van der Waals surface area contributed by atoms with Gasteiger partial charge in [-0.25, -0.2) is 9.18 Å². The molecule has 24 heavy (non-hydrogen) atoms. The average Bonchev–Trinajstić information content (AvgIpc) is 2.44. The van der Waals surface area contributed by atoms with Crippen molar-refractivity contribution in [1.82, 2.24) is 4.90 Å². The molecule has 1 fully saturated rings. The summed E-state index contributed by atoms with van der Waals surface area (Å²) in [7, 11) is 0. The zero-order valence-corrected chi connectivity index (χ0v) is 15.2. The second kappa shape index (κ2) is 6.71. The minimum atomic E-state index is -0.821. The molecule has 1 aliphatic rings. The van der Waals surface area contributed by atoms with E-state index in [2.05, 4.69) is 0 Å². The Bertz CT molecular complexity index is 572. The highest BCUT2D eigenvalue weighted by Gasteiger charge is 2.39. The van der Waals surface area contributed by atoms with E-state index in [1.165, 1.54) is 12.1 Å². The van der Waals surface area contributed by atoms with Crippen LogP contribution >= 0.6 is 0 Å². The molecule has 5 heteroatoms. The van der Waals surface area contributed by atoms with Crippen LogP contribution in [0.25, 0.3) is 0 Å². The molecule has 1 saturated heterocycles. The molecule has 1 aliphatic heterocycles. The summed E-state index contributed by atoms with van der Waals surface area (Å²) in [5, 5.41) is 10.4. The Balaban J connectivity index is 2.28. The van der Waals surface area contributed by atoms with Crippen LogP contribution in [0.2, 0.25) is 0 Å². The van der Waals surface area contributed by atoms with Crippen LogP contribution in [0, 0.1) is 11.7 Å². The van der Waals surface area contributed by atoms with Crippen molar-refractivity contribution in [2.24, 2.45) is 5.92 Å². The molecule has 1 aromatic carbocycles. The van der Waals surface area contributed by atoms with Crippen LogP contribution in [0.15, 0.2) is 24.3 Å². The first-order chi connectivity index (χ1) is 11.0. The van der Waals surface area contributed by atoms with E-state index in [4.69, 9.17) is 4.74 Å². The van der Waals surface area contributed by atoms with Gasteiger partial charge in [-0.05, 0) is 71.1 Å². The smallest absolute Gasteiger partial charge is 0.410 e. The third-order valence-electron chi connectivity index (χ3n) is 4.48. The monoisotopic (exact) mass is 337 g/mol. The third-order valence-corrected chi connectivity index (χ3v) is 4.48. The van der Waals surface area contributed by atoms with Crippen LogP contribution in [0.4, 0.5) is 9.18 Å². The second-order valence-corrected chi connectivity index (χ2v) is 8.12. The summed E-state index contributed by atoms with van der Waals surface area (Å²) >= 11 is 0. The Morgan fingerprint density at radius 1 is 1.21 bits per heavy atom. The molecule has 0 unspecified atom stereocenters. The summed E-state index contributed by atoms with van der Waals surface area (Å²) in [6, 6.07) is 5.96. The zero-order valence-electron chi connectivity index (χ0n) is 15.2. The van der Waals surface area contributed by atoms with E-state index in [-0.39, 0.29) is 23.9 Å². The molecule has 2 atom stereocenters. The first-order valence-corrected chi connectivity index (χ1v) is 8.45. The van der Waals surface area contributed by atoms with E-state index in [0.717, 1.165) is 5.56 Å². The van der Waals surface area contributed by atoms with Gasteiger partial charge in [0.2, 0.25) is 0 Å². The van der Waals surface area contributed by atoms with Crippen molar-refractivity contribution >= 4 is 6.09 Å². The number of likely N-dealkylation sites (tertiary alicyclic amines) is 1. The van der Waals surface area contributed by atoms with E-state index < -0.39 is 11.2 Å². The zero-order chi connectivity index (χ0) is 18.1. The predicted octanol–water partition coefficient (Wildman–Crippen LogP) is 4.28. The van der Waals surface area contributed by atoms with Gasteiger partial charge < -0.3 is 14.7 Å². The van der Waals surface area contributed by atoms with Gasteiger partial charge >= 0.3 is 6.09 Å². The van der Waals surface area contributed by atoms with Gasteiger partial charge in [-0.3, -0.25) is 0 Å². The lowest BCUT2D eigenvalue weighted by atomic mass is 9.78. The molecular weight excluding hydrogens is 309 g/mol. The van der Waals surface area contributed by atoms with Crippen molar-refractivity contribution in [2.75, 3.05) is 6.54 Å². The van der Waals surface area contributed by atoms with E-state index in [9.17, 15) is 14.3 Å². The van der Waals surface area contributed by atoms with Crippen molar-refractivity contribution in [3.63, 3.8) is 0 Å². The molecule has 1 aromatic rings. The van der Waals surface area contributed by atoms with Crippen molar-refractivity contribution in [3.05, 3.63) is 35.6 Å². The summed E-state index contributed by atoms with van der Waals surface area (Å²) < 4.78 is 18.8. The molecular formula is C19H28FNO3. The number of amides is 1. The SMILES string of the molecule is CC(C)(C)OC(=O)N1CC[C@H](C(C)(C)O)C[C@@H]1c1ccc(F)cc1. The lowest BCUT2D eigenvalue weighted by Crippen LogP contribution is -2.47. The highest BCUT2D eigenvalue weighted by atomic mass is 19.1. The maximum absolute atomic E-state index is 13.3. The normalized spacial score (nSPS) is 22.4. The van der Waals surface area contributed by atoms with Crippen molar-refractivity contribution in [2.45, 2.75) is 64.7 Å². The average molecular weight is 337 g/mol. The van der Waals surface area contributed by atoms with Crippen LogP contribution in [-0.2, 0) is 4.74 Å². The maximum Gasteiger partial charge on any atom is 0.410 e. The number of ether oxygens (including phenoxy) is 1. The highest BCUT2D eigenvalue weighted by Crippen LogP contribution is 2.39. The van der Waals surface area contributed by atoms with E-state index in [0.29, 0.717) is 19.4 Å². The first-order valence-electron chi connectivity index (χ1n) is 8.45. The number of hydrogen-bond donors (Lipinski definition) is 1. The number of rotatable bonds is 2. The molecule has 4 nitrogen and oxygen atoms in total. The maximum atomic E-state index is 13.3. The molecule has 0 spiro atoms. The lowest BCUT2D eigenvalue weighted by Gasteiger charge is -2.43. The van der Waals surface area contributed by atoms with E-state index >= 15 is 0 Å². The van der Waals surface area contributed by atoms with Gasteiger partial charge in [0.1, 0.15) is 11.4 Å². The van der Waals surface area contributed by atoms with Crippen LogP contribution in [0.5, 0.6) is 0 Å². The number of hydrogen-bond acceptors (Lipinski definition) is 3. The standard InChI is InChI=1S/C19H28FNO3/c1-18(2,3)24-17(22)21-11-10-14(19(4,5)23)12-16(21)13-6-8-15(20)9-7-13/h6-9,14,16,23H,10-12H2,1-5H3/t14-,16+/m0/s1. The second-order valence-electron chi connectivity index (χ2n) is 8.12. The number of benzene rings is 1. The summed E-state index contributed by atoms with van der Waals surface area (Å²) in [6.45, 7) is 9.60. The van der Waals surface area contributed by atoms with Gasteiger partial charge in [0.15, 0.2) is 0 Å². The Hall–Kier alpha value is -1.62. The minimum absolute atomic E-state index is 0.0613. The summed E-state index contributed by atoms with van der Waals surface area (Å²) in [5.41, 5.74) is -0.535. The molecule has 0 bridgehead atoms. The Kier molecular flexibility index (Phi) is 5.23. The number of nitrogens with zero attached hydrogens (tertiary/aromatic N) is 1. The fraction of sp³-hybridized carbons (Fsp3) is 0.632. The molecule has 0 saturated carbocycles. The Morgan fingerprint density at radius 2 is 1.79 bits per heavy atom. The molecule has 0 radical (unpaired) electrons. The predicted molar refractivity (Wildman–Crippen MR) is 91.1 cm³/mol. The molecule has 0 aromatic heterocycles. The largest absolute Gasteiger partial charge is 0.444 e. The summed E-state index contributed by atoms with van der Waals surface area (Å²) in [6.07, 6.45) is 0.959. The van der Waals surface area contributed by atoms with Gasteiger partial charge in [-0.15, -0.1) is 0 Å². The van der Waals surface area contributed by atoms with E-state index in [1.807, 2.05) is 20.8 Å². The molecule has 1 N–H and O–H groups in total. The van der Waals surface area contributed by atoms with Crippen molar-refractivity contribution in [3.8, 4) is 0 Å². The van der Waals surface area contributed by atoms with Gasteiger partial charge in [0.25, 0.3) is 0 Å². The van der Waals surface area contributed by atoms with Gasteiger partial charge in [0, 0.05) is 6.54 Å². The minimum Gasteiger partial charge on any atom is -0.444 e. The van der Waals surface area contributed by atoms with Crippen LogP contribution in [0.1, 0.15) is 59.1 Å². The van der Waals surface area contributed by atoms with E-state index in [1.54, 1.807) is 30.9 Å². The van der Waals surface area contributed by atoms with Crippen molar-refractivity contribution < 1.29 is 19.0 Å². The number of piperidine rings is 1. The first kappa shape index (κ1) is 18.7. The Labute approximate surface area is 143 Å². The summed E-state index contributed by atoms with van der Waals surface area (Å²) in [4.78, 5) is 14.3. The molecule has 134 valence electrons. The van der Waals surface area contributed by atoms with Crippen LogP contribution in [-0.4, -0.2) is 33.8 Å². The Morgan fingerprint density at radius 3 is 2.29 bits per heavy atom. The summed E-state index contributed by atoms with van der Waals surface area (Å²) in [5.74, 6) is -0.247. The number of aliphatic hydroxyl groups is 1. The molecule has 0 aliphatic carbocycles. The molecule has 1 heterocycles. The molecule has 2 rings (SSSR count). The topological polar surface area (TPSA) is 49.8 Å². The quantitative estimate of drug-likeness (QED) is 0.876. The van der Waals surface area contributed by atoms with Gasteiger partial charge in [0.05, 0.1) is 11.6 Å². The number of carbonyl (C=O) groups is 1. The molecule has 1 amide bonds. The van der Waals surface area contributed by atoms with Crippen LogP contribution < -0.4 is 0 Å². The van der Waals surface area contributed by atoms with Crippen molar-refractivity contribution in [1.29, 1.82) is 0 Å². The number of carbonyl (C=O) groups excluding carboxylic acids is 1. The fourth-order valence-electron chi connectivity index (χ4n) is 3.15. The number of halogens is 1. The van der Waals surface area contributed by atoms with Gasteiger partial charge in [-0.2, -0.15) is 0 Å². The third kappa shape index (κ3) is 4.69. The fourth-order valence-corrected chi connectivity index (χ4v) is 3.15. The van der Waals surface area contributed by atoms with Gasteiger partial charge in [-0.1, -0.05) is 12.1 Å².